The van der Waals surface area contributed by atoms with Crippen LogP contribution in [0.1, 0.15) is 62.9 Å². The fourth-order valence-corrected chi connectivity index (χ4v) is 6.36. The van der Waals surface area contributed by atoms with Crippen molar-refractivity contribution in [1.29, 1.82) is 0 Å². The van der Waals surface area contributed by atoms with Gasteiger partial charge in [0.05, 0.1) is 46.9 Å². The monoisotopic (exact) mass is 503 g/mol. The number of aliphatic hydroxyl groups excluding tert-OH is 1. The maximum Gasteiger partial charge on any atom is 0.178 e. The van der Waals surface area contributed by atoms with Gasteiger partial charge in [-0.3, -0.25) is 4.98 Å². The van der Waals surface area contributed by atoms with Crippen LogP contribution in [0.25, 0.3) is 22.8 Å². The molecule has 0 amide bonds. The molecular weight excluding hydrogens is 476 g/mol. The molecule has 0 radical (unpaired) electrons. The van der Waals surface area contributed by atoms with Crippen molar-refractivity contribution in [1.82, 2.24) is 34.9 Å². The molecule has 3 heterocycles. The Bertz CT molecular complexity index is 1480. The Morgan fingerprint density at radius 3 is 2.68 bits per heavy atom. The van der Waals surface area contributed by atoms with Gasteiger partial charge in [0.25, 0.3) is 0 Å². The van der Waals surface area contributed by atoms with E-state index in [0.29, 0.717) is 24.5 Å². The highest BCUT2D eigenvalue weighted by Crippen LogP contribution is 2.69. The summed E-state index contributed by atoms with van der Waals surface area (Å²) in [5.41, 5.74) is 2.21. The fraction of sp³-hybridized carbons (Fsp3) is 0.407. The number of hydrogen-bond acceptors (Lipinski definition) is 7. The van der Waals surface area contributed by atoms with Gasteiger partial charge >= 0.3 is 0 Å². The Morgan fingerprint density at radius 2 is 1.92 bits per heavy atom. The number of halogens is 2. The van der Waals surface area contributed by atoms with Crippen molar-refractivity contribution in [2.75, 3.05) is 0 Å². The van der Waals surface area contributed by atoms with Crippen LogP contribution in [0.2, 0.25) is 0 Å². The molecule has 3 atom stereocenters. The van der Waals surface area contributed by atoms with Gasteiger partial charge in [-0.1, -0.05) is 26.8 Å². The highest BCUT2D eigenvalue weighted by atomic mass is 19.1. The van der Waals surface area contributed by atoms with Crippen molar-refractivity contribution >= 4 is 0 Å². The molecule has 37 heavy (non-hydrogen) atoms. The molecule has 1 N–H and O–H groups in total. The van der Waals surface area contributed by atoms with Crippen LogP contribution in [0, 0.1) is 17.0 Å². The molecule has 0 unspecified atom stereocenters. The van der Waals surface area contributed by atoms with Gasteiger partial charge in [-0.05, 0) is 54.4 Å². The first kappa shape index (κ1) is 23.7. The Hall–Kier alpha value is -3.66. The Kier molecular flexibility index (Phi) is 5.41. The van der Waals surface area contributed by atoms with E-state index in [0.717, 1.165) is 29.8 Å². The van der Waals surface area contributed by atoms with Gasteiger partial charge in [0.2, 0.25) is 0 Å². The Morgan fingerprint density at radius 1 is 1.14 bits per heavy atom. The molecule has 2 bridgehead atoms. The normalized spacial score (nSPS) is 22.3. The minimum Gasteiger partial charge on any atom is -0.391 e. The zero-order valence-electron chi connectivity index (χ0n) is 20.9. The lowest BCUT2D eigenvalue weighted by Crippen LogP contribution is -2.38. The zero-order valence-corrected chi connectivity index (χ0v) is 20.9. The summed E-state index contributed by atoms with van der Waals surface area (Å²) in [5.74, 6) is -0.676. The van der Waals surface area contributed by atoms with E-state index >= 15 is 0 Å². The van der Waals surface area contributed by atoms with E-state index in [2.05, 4.69) is 39.1 Å². The second kappa shape index (κ2) is 8.44. The third kappa shape index (κ3) is 3.34. The minimum atomic E-state index is -0.665. The average molecular weight is 504 g/mol. The maximum absolute atomic E-state index is 14.5. The molecule has 1 saturated carbocycles. The zero-order chi connectivity index (χ0) is 25.9. The van der Waals surface area contributed by atoms with Crippen LogP contribution >= 0.6 is 0 Å². The summed E-state index contributed by atoms with van der Waals surface area (Å²) in [6.07, 6.45) is 6.59. The van der Waals surface area contributed by atoms with Gasteiger partial charge < -0.3 is 5.11 Å². The summed E-state index contributed by atoms with van der Waals surface area (Å²) in [4.78, 5) is 13.9. The molecule has 10 heteroatoms. The molecule has 0 spiro atoms. The first-order chi connectivity index (χ1) is 17.8. The predicted molar refractivity (Wildman–Crippen MR) is 131 cm³/mol. The van der Waals surface area contributed by atoms with E-state index in [-0.39, 0.29) is 22.6 Å². The van der Waals surface area contributed by atoms with E-state index in [1.165, 1.54) is 24.5 Å². The lowest BCUT2D eigenvalue weighted by molar-refractivity contribution is 0.145. The second-order valence-corrected chi connectivity index (χ2v) is 10.5. The van der Waals surface area contributed by atoms with E-state index in [9.17, 15) is 13.9 Å². The number of nitrogens with zero attached hydrogens (tertiary/aromatic N) is 7. The van der Waals surface area contributed by atoms with E-state index in [4.69, 9.17) is 4.98 Å². The van der Waals surface area contributed by atoms with Crippen LogP contribution in [-0.4, -0.2) is 46.1 Å². The quantitative estimate of drug-likeness (QED) is 0.415. The standard InChI is InChI=1S/C27H27F2N7O/c1-4-15(37)13-36-25(31-14-32-36)21-11-30-12-22(33-21)27-9-8-17(26(27,2)3)16-10-20(34-35-24(16)27)23-18(28)6-5-7-19(23)29/h5-7,10-12,14-15,17,37H,4,8-9,13H2,1-3H3/t15-,17-,27-/m0/s1. The van der Waals surface area contributed by atoms with E-state index in [1.54, 1.807) is 23.1 Å². The van der Waals surface area contributed by atoms with Gasteiger partial charge in [0.15, 0.2) is 5.82 Å². The molecule has 190 valence electrons. The van der Waals surface area contributed by atoms with Crippen molar-refractivity contribution in [2.24, 2.45) is 5.41 Å². The average Bonchev–Trinajstić information content (AvgIpc) is 3.51. The summed E-state index contributed by atoms with van der Waals surface area (Å²) in [5, 5.41) is 23.3. The SMILES string of the molecule is CC[C@H](O)Cn1ncnc1-c1cncc([C@@]23CC[C@@H](c4cc(-c5c(F)cccc5F)nnc42)C3(C)C)n1. The summed E-state index contributed by atoms with van der Waals surface area (Å²) in [7, 11) is 0. The maximum atomic E-state index is 14.5. The van der Waals surface area contributed by atoms with Gasteiger partial charge in [-0.25, -0.2) is 23.4 Å². The molecule has 8 nitrogen and oxygen atoms in total. The molecule has 1 fully saturated rings. The largest absolute Gasteiger partial charge is 0.391 e. The third-order valence-corrected chi connectivity index (χ3v) is 8.37. The molecule has 6 rings (SSSR count). The van der Waals surface area contributed by atoms with Gasteiger partial charge in [0, 0.05) is 6.20 Å². The highest BCUT2D eigenvalue weighted by Gasteiger charge is 2.65. The molecule has 3 aromatic heterocycles. The minimum absolute atomic E-state index is 0.125. The van der Waals surface area contributed by atoms with E-state index < -0.39 is 23.2 Å². The van der Waals surface area contributed by atoms with E-state index in [1.807, 2.05) is 6.92 Å². The van der Waals surface area contributed by atoms with Gasteiger partial charge in [0.1, 0.15) is 23.7 Å². The van der Waals surface area contributed by atoms with Crippen molar-refractivity contribution in [3.8, 4) is 22.8 Å². The van der Waals surface area contributed by atoms with Crippen molar-refractivity contribution in [2.45, 2.75) is 64.0 Å². The van der Waals surface area contributed by atoms with Crippen LogP contribution in [0.5, 0.6) is 0 Å². The second-order valence-electron chi connectivity index (χ2n) is 10.5. The van der Waals surface area contributed by atoms with Crippen LogP contribution < -0.4 is 0 Å². The van der Waals surface area contributed by atoms with Crippen LogP contribution in [0.15, 0.2) is 43.0 Å². The molecule has 4 aromatic rings. The summed E-state index contributed by atoms with van der Waals surface area (Å²) < 4.78 is 30.7. The number of fused-ring (bicyclic) bond motifs is 5. The van der Waals surface area contributed by atoms with Crippen LogP contribution in [-0.2, 0) is 12.0 Å². The molecule has 2 aliphatic rings. The van der Waals surface area contributed by atoms with Crippen molar-refractivity contribution < 1.29 is 13.9 Å². The third-order valence-electron chi connectivity index (χ3n) is 8.37. The highest BCUT2D eigenvalue weighted by molar-refractivity contribution is 5.64. The van der Waals surface area contributed by atoms with Gasteiger partial charge in [-0.15, -0.1) is 5.10 Å². The van der Waals surface area contributed by atoms with Crippen LogP contribution in [0.3, 0.4) is 0 Å². The van der Waals surface area contributed by atoms with Crippen molar-refractivity contribution in [3.05, 3.63) is 71.6 Å². The lowest BCUT2D eigenvalue weighted by Gasteiger charge is -2.37. The number of benzene rings is 1. The number of rotatable bonds is 6. The number of aromatic nitrogens is 7. The molecule has 0 saturated heterocycles. The molecule has 1 aromatic carbocycles. The smallest absolute Gasteiger partial charge is 0.178 e. The Balaban J connectivity index is 1.47. The summed E-state index contributed by atoms with van der Waals surface area (Å²) in [6, 6.07) is 5.58. The first-order valence-corrected chi connectivity index (χ1v) is 12.5. The summed E-state index contributed by atoms with van der Waals surface area (Å²) >= 11 is 0. The molecule has 0 aliphatic heterocycles. The lowest BCUT2D eigenvalue weighted by atomic mass is 9.66. The number of aliphatic hydroxyl groups is 1. The molecular formula is C27H27F2N7O. The first-order valence-electron chi connectivity index (χ1n) is 12.5. The topological polar surface area (TPSA) is 102 Å². The molecule has 2 aliphatic carbocycles. The van der Waals surface area contributed by atoms with Crippen LogP contribution in [0.4, 0.5) is 8.78 Å². The summed E-state index contributed by atoms with van der Waals surface area (Å²) in [6.45, 7) is 6.58. The van der Waals surface area contributed by atoms with Crippen molar-refractivity contribution in [3.63, 3.8) is 0 Å². The Labute approximate surface area is 212 Å². The van der Waals surface area contributed by atoms with Gasteiger partial charge in [-0.2, -0.15) is 10.2 Å². The fourth-order valence-electron chi connectivity index (χ4n) is 6.36. The predicted octanol–water partition coefficient (Wildman–Crippen LogP) is 4.44. The number of hydrogen-bond donors (Lipinski definition) is 1.